The third kappa shape index (κ3) is 3.65. The average molecular weight is 362 g/mol. The Morgan fingerprint density at radius 2 is 1.74 bits per heavy atom. The van der Waals surface area contributed by atoms with Gasteiger partial charge in [-0.3, -0.25) is 14.2 Å². The zero-order valence-corrected chi connectivity index (χ0v) is 16.6. The van der Waals surface area contributed by atoms with Gasteiger partial charge in [0.15, 0.2) is 0 Å². The van der Waals surface area contributed by atoms with E-state index in [0.29, 0.717) is 0 Å². The summed E-state index contributed by atoms with van der Waals surface area (Å²) in [6.45, 7) is 10.0. The number of carbonyl (C=O) groups is 1. The molecule has 1 amide bonds. The Kier molecular flexibility index (Phi) is 5.17. The molecule has 3 aromatic rings. The summed E-state index contributed by atoms with van der Waals surface area (Å²) in [5.41, 5.74) is 6.73. The van der Waals surface area contributed by atoms with Gasteiger partial charge in [-0.05, 0) is 62.4 Å². The molecule has 1 aromatic heterocycles. The number of aromatic nitrogens is 1. The molecule has 0 saturated carbocycles. The fraction of sp³-hybridized carbons (Fsp3) is 0.304. The number of hydrogen-bond acceptors (Lipinski definition) is 2. The highest BCUT2D eigenvalue weighted by Crippen LogP contribution is 2.23. The molecular weight excluding hydrogens is 336 g/mol. The number of benzene rings is 2. The standard InChI is InChI=1S/C23H26N2O2/c1-6-18-9-7-8-15(3)22(18)24-20(26)13-25-21(27)12-16(4)19-11-14(2)10-17(5)23(19)25/h7-12H,6,13H2,1-5H3,(H,24,26). The van der Waals surface area contributed by atoms with E-state index in [1.807, 2.05) is 52.0 Å². The van der Waals surface area contributed by atoms with Crippen LogP contribution in [0.2, 0.25) is 0 Å². The lowest BCUT2D eigenvalue weighted by atomic mass is 10.0. The predicted molar refractivity (Wildman–Crippen MR) is 112 cm³/mol. The van der Waals surface area contributed by atoms with E-state index in [0.717, 1.165) is 50.8 Å². The number of nitrogens with one attached hydrogen (secondary N) is 1. The minimum absolute atomic E-state index is 0.00297. The first kappa shape index (κ1) is 18.9. The Morgan fingerprint density at radius 1 is 1.00 bits per heavy atom. The average Bonchev–Trinajstić information content (AvgIpc) is 2.60. The van der Waals surface area contributed by atoms with Gasteiger partial charge in [-0.1, -0.05) is 36.8 Å². The fourth-order valence-electron chi connectivity index (χ4n) is 3.75. The maximum absolute atomic E-state index is 12.8. The van der Waals surface area contributed by atoms with Gasteiger partial charge in [0, 0.05) is 17.1 Å². The molecule has 140 valence electrons. The van der Waals surface area contributed by atoms with Gasteiger partial charge in [-0.25, -0.2) is 0 Å². The Balaban J connectivity index is 2.03. The second kappa shape index (κ2) is 7.39. The zero-order valence-electron chi connectivity index (χ0n) is 16.6. The van der Waals surface area contributed by atoms with Gasteiger partial charge in [0.2, 0.25) is 5.91 Å². The molecule has 1 heterocycles. The highest BCUT2D eigenvalue weighted by molar-refractivity contribution is 5.94. The molecule has 0 radical (unpaired) electrons. The van der Waals surface area contributed by atoms with Crippen molar-refractivity contribution in [2.24, 2.45) is 0 Å². The number of amides is 1. The summed E-state index contributed by atoms with van der Waals surface area (Å²) in [6, 6.07) is 11.7. The van der Waals surface area contributed by atoms with Crippen LogP contribution in [0.15, 0.2) is 41.2 Å². The van der Waals surface area contributed by atoms with Crippen LogP contribution in [-0.4, -0.2) is 10.5 Å². The van der Waals surface area contributed by atoms with Crippen molar-refractivity contribution in [2.45, 2.75) is 47.6 Å². The first-order valence-electron chi connectivity index (χ1n) is 9.31. The molecule has 0 aliphatic rings. The molecular formula is C23H26N2O2. The largest absolute Gasteiger partial charge is 0.324 e. The lowest BCUT2D eigenvalue weighted by molar-refractivity contribution is -0.116. The van der Waals surface area contributed by atoms with Crippen LogP contribution < -0.4 is 10.9 Å². The van der Waals surface area contributed by atoms with Crippen molar-refractivity contribution in [1.29, 1.82) is 0 Å². The summed E-state index contributed by atoms with van der Waals surface area (Å²) in [5, 5.41) is 4.04. The molecule has 27 heavy (non-hydrogen) atoms. The van der Waals surface area contributed by atoms with Crippen LogP contribution >= 0.6 is 0 Å². The van der Waals surface area contributed by atoms with Gasteiger partial charge < -0.3 is 5.32 Å². The maximum Gasteiger partial charge on any atom is 0.251 e. The van der Waals surface area contributed by atoms with Crippen molar-refractivity contribution in [2.75, 3.05) is 5.32 Å². The highest BCUT2D eigenvalue weighted by atomic mass is 16.2. The van der Waals surface area contributed by atoms with Crippen LogP contribution in [0.3, 0.4) is 0 Å². The Bertz CT molecular complexity index is 1090. The molecule has 4 heteroatoms. The molecule has 0 unspecified atom stereocenters. The SMILES string of the molecule is CCc1cccc(C)c1NC(=O)Cn1c(=O)cc(C)c2cc(C)cc(C)c21. The monoisotopic (exact) mass is 362 g/mol. The molecule has 0 saturated heterocycles. The Hall–Kier alpha value is -2.88. The zero-order chi connectivity index (χ0) is 19.7. The summed E-state index contributed by atoms with van der Waals surface area (Å²) in [7, 11) is 0. The van der Waals surface area contributed by atoms with Crippen molar-refractivity contribution in [3.63, 3.8) is 0 Å². The molecule has 1 N–H and O–H groups in total. The highest BCUT2D eigenvalue weighted by Gasteiger charge is 2.14. The van der Waals surface area contributed by atoms with Gasteiger partial charge in [-0.2, -0.15) is 0 Å². The first-order valence-corrected chi connectivity index (χ1v) is 9.31. The molecule has 0 aliphatic heterocycles. The molecule has 3 rings (SSSR count). The van der Waals surface area contributed by atoms with Crippen molar-refractivity contribution < 1.29 is 4.79 Å². The predicted octanol–water partition coefficient (Wildman–Crippen LogP) is 4.44. The van der Waals surface area contributed by atoms with E-state index in [9.17, 15) is 9.59 Å². The molecule has 0 spiro atoms. The van der Waals surface area contributed by atoms with Gasteiger partial charge in [0.1, 0.15) is 6.54 Å². The lowest BCUT2D eigenvalue weighted by Crippen LogP contribution is -2.28. The van der Waals surface area contributed by atoms with E-state index in [1.165, 1.54) is 0 Å². The minimum Gasteiger partial charge on any atom is -0.324 e. The molecule has 0 atom stereocenters. The third-order valence-electron chi connectivity index (χ3n) is 5.05. The number of aryl methyl sites for hydroxylation is 5. The molecule has 0 fully saturated rings. The number of rotatable bonds is 4. The van der Waals surface area contributed by atoms with Crippen molar-refractivity contribution in [1.82, 2.24) is 4.57 Å². The topological polar surface area (TPSA) is 51.1 Å². The number of pyridine rings is 1. The number of hydrogen-bond donors (Lipinski definition) is 1. The van der Waals surface area contributed by atoms with E-state index in [-0.39, 0.29) is 18.0 Å². The second-order valence-corrected chi connectivity index (χ2v) is 7.24. The van der Waals surface area contributed by atoms with Crippen molar-refractivity contribution in [3.8, 4) is 0 Å². The van der Waals surface area contributed by atoms with Crippen LogP contribution in [0.1, 0.15) is 34.7 Å². The van der Waals surface area contributed by atoms with Crippen LogP contribution in [0.25, 0.3) is 10.9 Å². The van der Waals surface area contributed by atoms with Crippen molar-refractivity contribution >= 4 is 22.5 Å². The van der Waals surface area contributed by atoms with E-state index < -0.39 is 0 Å². The number of para-hydroxylation sites is 1. The van der Waals surface area contributed by atoms with E-state index in [1.54, 1.807) is 10.6 Å². The van der Waals surface area contributed by atoms with Crippen LogP contribution in [0, 0.1) is 27.7 Å². The maximum atomic E-state index is 12.8. The van der Waals surface area contributed by atoms with E-state index in [4.69, 9.17) is 0 Å². The quantitative estimate of drug-likeness (QED) is 0.746. The summed E-state index contributed by atoms with van der Waals surface area (Å²) < 4.78 is 1.58. The second-order valence-electron chi connectivity index (χ2n) is 7.24. The fourth-order valence-corrected chi connectivity index (χ4v) is 3.75. The van der Waals surface area contributed by atoms with Crippen LogP contribution in [0.5, 0.6) is 0 Å². The van der Waals surface area contributed by atoms with Gasteiger partial charge >= 0.3 is 0 Å². The number of nitrogens with zero attached hydrogens (tertiary/aromatic N) is 1. The summed E-state index contributed by atoms with van der Waals surface area (Å²) >= 11 is 0. The number of fused-ring (bicyclic) bond motifs is 1. The Labute approximate surface area is 159 Å². The first-order chi connectivity index (χ1) is 12.8. The summed E-state index contributed by atoms with van der Waals surface area (Å²) in [5.74, 6) is -0.189. The molecule has 0 bridgehead atoms. The van der Waals surface area contributed by atoms with E-state index >= 15 is 0 Å². The van der Waals surface area contributed by atoms with Crippen LogP contribution in [-0.2, 0) is 17.8 Å². The van der Waals surface area contributed by atoms with Gasteiger partial charge in [-0.15, -0.1) is 0 Å². The third-order valence-corrected chi connectivity index (χ3v) is 5.05. The molecule has 0 aliphatic carbocycles. The lowest BCUT2D eigenvalue weighted by Gasteiger charge is -2.17. The van der Waals surface area contributed by atoms with E-state index in [2.05, 4.69) is 18.3 Å². The molecule has 2 aromatic carbocycles. The molecule has 4 nitrogen and oxygen atoms in total. The summed E-state index contributed by atoms with van der Waals surface area (Å²) in [6.07, 6.45) is 0.836. The summed E-state index contributed by atoms with van der Waals surface area (Å²) in [4.78, 5) is 25.4. The van der Waals surface area contributed by atoms with Gasteiger partial charge in [0.25, 0.3) is 5.56 Å². The minimum atomic E-state index is -0.189. The normalized spacial score (nSPS) is 11.0. The Morgan fingerprint density at radius 3 is 2.44 bits per heavy atom. The number of carbonyl (C=O) groups excluding carboxylic acids is 1. The number of anilines is 1. The smallest absolute Gasteiger partial charge is 0.251 e. The van der Waals surface area contributed by atoms with Gasteiger partial charge in [0.05, 0.1) is 5.52 Å². The van der Waals surface area contributed by atoms with Crippen molar-refractivity contribution in [3.05, 3.63) is 74.6 Å². The van der Waals surface area contributed by atoms with Crippen LogP contribution in [0.4, 0.5) is 5.69 Å².